The van der Waals surface area contributed by atoms with Gasteiger partial charge in [0.05, 0.1) is 0 Å². The highest BCUT2D eigenvalue weighted by Gasteiger charge is 2.29. The van der Waals surface area contributed by atoms with E-state index in [4.69, 9.17) is 4.52 Å². The van der Waals surface area contributed by atoms with E-state index < -0.39 is 0 Å². The highest BCUT2D eigenvalue weighted by Crippen LogP contribution is 2.38. The van der Waals surface area contributed by atoms with Crippen molar-refractivity contribution in [1.82, 2.24) is 15.5 Å². The Morgan fingerprint density at radius 1 is 1.50 bits per heavy atom. The van der Waals surface area contributed by atoms with Gasteiger partial charge in [-0.15, -0.1) is 0 Å². The molecule has 0 radical (unpaired) electrons. The third-order valence-corrected chi connectivity index (χ3v) is 3.34. The molecule has 1 aliphatic carbocycles. The molecule has 16 heavy (non-hydrogen) atoms. The fourth-order valence-corrected chi connectivity index (χ4v) is 2.08. The van der Waals surface area contributed by atoms with Gasteiger partial charge < -0.3 is 9.84 Å². The fourth-order valence-electron chi connectivity index (χ4n) is 2.08. The maximum Gasteiger partial charge on any atom is 0.254 e. The van der Waals surface area contributed by atoms with Crippen LogP contribution in [0.1, 0.15) is 43.8 Å². The number of rotatable bonds is 3. The maximum absolute atomic E-state index is 5.33. The van der Waals surface area contributed by atoms with Crippen LogP contribution in [0.4, 0.5) is 0 Å². The number of hydrogen-bond acceptors (Lipinski definition) is 4. The van der Waals surface area contributed by atoms with Crippen LogP contribution >= 0.6 is 0 Å². The second-order valence-corrected chi connectivity index (χ2v) is 4.72. The van der Waals surface area contributed by atoms with Crippen LogP contribution in [0.15, 0.2) is 10.6 Å². The Bertz CT molecular complexity index is 406. The standard InChI is InChI=1S/C12H17N3O/c1-2-8-5-10(7-13-6-8)12-14-11(15-16-12)9-3-4-9/h5,8-9,13H,2-4,6-7H2,1H3. The van der Waals surface area contributed by atoms with E-state index in [1.54, 1.807) is 0 Å². The predicted molar refractivity (Wildman–Crippen MR) is 60.9 cm³/mol. The summed E-state index contributed by atoms with van der Waals surface area (Å²) in [5, 5.41) is 7.44. The summed E-state index contributed by atoms with van der Waals surface area (Å²) in [6.45, 7) is 4.11. The molecule has 1 aromatic rings. The van der Waals surface area contributed by atoms with E-state index in [0.717, 1.165) is 30.9 Å². The highest BCUT2D eigenvalue weighted by atomic mass is 16.5. The van der Waals surface area contributed by atoms with Gasteiger partial charge in [-0.3, -0.25) is 0 Å². The van der Waals surface area contributed by atoms with Crippen LogP contribution < -0.4 is 5.32 Å². The van der Waals surface area contributed by atoms with E-state index in [2.05, 4.69) is 28.5 Å². The monoisotopic (exact) mass is 219 g/mol. The van der Waals surface area contributed by atoms with Crippen molar-refractivity contribution in [2.45, 2.75) is 32.1 Å². The number of nitrogens with one attached hydrogen (secondary N) is 1. The van der Waals surface area contributed by atoms with Crippen molar-refractivity contribution in [2.24, 2.45) is 5.92 Å². The van der Waals surface area contributed by atoms with Crippen molar-refractivity contribution in [2.75, 3.05) is 13.1 Å². The molecule has 1 saturated carbocycles. The lowest BCUT2D eigenvalue weighted by molar-refractivity contribution is 0.396. The molecule has 2 heterocycles. The van der Waals surface area contributed by atoms with Gasteiger partial charge in [0.15, 0.2) is 5.82 Å². The molecule has 86 valence electrons. The van der Waals surface area contributed by atoms with Crippen molar-refractivity contribution in [3.63, 3.8) is 0 Å². The van der Waals surface area contributed by atoms with Crippen LogP contribution in [0.2, 0.25) is 0 Å². The third kappa shape index (κ3) is 1.89. The molecule has 0 saturated heterocycles. The number of aromatic nitrogens is 2. The summed E-state index contributed by atoms with van der Waals surface area (Å²) >= 11 is 0. The van der Waals surface area contributed by atoms with Gasteiger partial charge in [0, 0.05) is 24.6 Å². The zero-order valence-electron chi connectivity index (χ0n) is 9.57. The lowest BCUT2D eigenvalue weighted by Crippen LogP contribution is -2.28. The van der Waals surface area contributed by atoms with Crippen LogP contribution in [0.5, 0.6) is 0 Å². The summed E-state index contributed by atoms with van der Waals surface area (Å²) in [6.07, 6.45) is 5.86. The van der Waals surface area contributed by atoms with Crippen LogP contribution in [-0.2, 0) is 0 Å². The molecule has 4 nitrogen and oxygen atoms in total. The van der Waals surface area contributed by atoms with Gasteiger partial charge in [-0.05, 0) is 25.2 Å². The Kier molecular flexibility index (Phi) is 2.52. The molecule has 4 heteroatoms. The lowest BCUT2D eigenvalue weighted by Gasteiger charge is -2.18. The zero-order chi connectivity index (χ0) is 11.0. The zero-order valence-corrected chi connectivity index (χ0v) is 9.57. The second kappa shape index (κ2) is 4.01. The average molecular weight is 219 g/mol. The number of hydrogen-bond donors (Lipinski definition) is 1. The van der Waals surface area contributed by atoms with Crippen LogP contribution in [0.3, 0.4) is 0 Å². The van der Waals surface area contributed by atoms with Gasteiger partial charge in [-0.25, -0.2) is 0 Å². The average Bonchev–Trinajstić information content (AvgIpc) is 3.07. The normalized spacial score (nSPS) is 25.6. The Balaban J connectivity index is 1.81. The van der Waals surface area contributed by atoms with Crippen molar-refractivity contribution < 1.29 is 4.52 Å². The quantitative estimate of drug-likeness (QED) is 0.844. The first-order valence-corrected chi connectivity index (χ1v) is 6.12. The Hall–Kier alpha value is -1.16. The molecule has 1 N–H and O–H groups in total. The first kappa shape index (κ1) is 10.0. The summed E-state index contributed by atoms with van der Waals surface area (Å²) in [5.74, 6) is 2.78. The van der Waals surface area contributed by atoms with Crippen molar-refractivity contribution >= 4 is 5.57 Å². The van der Waals surface area contributed by atoms with Crippen LogP contribution in [0, 0.1) is 5.92 Å². The largest absolute Gasteiger partial charge is 0.334 e. The Morgan fingerprint density at radius 3 is 3.12 bits per heavy atom. The summed E-state index contributed by atoms with van der Waals surface area (Å²) in [5.41, 5.74) is 1.16. The van der Waals surface area contributed by atoms with Gasteiger partial charge in [0.25, 0.3) is 5.89 Å². The molecular formula is C12H17N3O. The SMILES string of the molecule is CCC1C=C(c2nc(C3CC3)no2)CNC1. The fraction of sp³-hybridized carbons (Fsp3) is 0.667. The minimum absolute atomic E-state index is 0.566. The van der Waals surface area contributed by atoms with Gasteiger partial charge >= 0.3 is 0 Å². The lowest BCUT2D eigenvalue weighted by atomic mass is 9.99. The second-order valence-electron chi connectivity index (χ2n) is 4.72. The molecule has 1 aromatic heterocycles. The van der Waals surface area contributed by atoms with Crippen LogP contribution in [-0.4, -0.2) is 23.2 Å². The molecule has 1 aliphatic heterocycles. The molecule has 0 aromatic carbocycles. The molecule has 1 unspecified atom stereocenters. The van der Waals surface area contributed by atoms with E-state index in [9.17, 15) is 0 Å². The van der Waals surface area contributed by atoms with E-state index in [1.165, 1.54) is 12.8 Å². The molecular weight excluding hydrogens is 202 g/mol. The third-order valence-electron chi connectivity index (χ3n) is 3.34. The molecule has 0 amide bonds. The Labute approximate surface area is 95.1 Å². The summed E-state index contributed by atoms with van der Waals surface area (Å²) < 4.78 is 5.33. The molecule has 3 rings (SSSR count). The first-order chi connectivity index (χ1) is 7.86. The topological polar surface area (TPSA) is 51.0 Å². The molecule has 1 fully saturated rings. The number of nitrogens with zero attached hydrogens (tertiary/aromatic N) is 2. The maximum atomic E-state index is 5.33. The van der Waals surface area contributed by atoms with E-state index >= 15 is 0 Å². The van der Waals surface area contributed by atoms with Gasteiger partial charge in [0.1, 0.15) is 0 Å². The van der Waals surface area contributed by atoms with Crippen LogP contribution in [0.25, 0.3) is 5.57 Å². The molecule has 0 spiro atoms. The van der Waals surface area contributed by atoms with E-state index in [-0.39, 0.29) is 0 Å². The smallest absolute Gasteiger partial charge is 0.254 e. The Morgan fingerprint density at radius 2 is 2.38 bits per heavy atom. The van der Waals surface area contributed by atoms with Gasteiger partial charge in [0.2, 0.25) is 0 Å². The van der Waals surface area contributed by atoms with Gasteiger partial charge in [-0.2, -0.15) is 4.98 Å². The molecule has 2 aliphatic rings. The van der Waals surface area contributed by atoms with Crippen molar-refractivity contribution in [1.29, 1.82) is 0 Å². The molecule has 1 atom stereocenters. The minimum Gasteiger partial charge on any atom is -0.334 e. The highest BCUT2D eigenvalue weighted by molar-refractivity contribution is 5.61. The predicted octanol–water partition coefficient (Wildman–Crippen LogP) is 1.96. The van der Waals surface area contributed by atoms with Crippen molar-refractivity contribution in [3.8, 4) is 0 Å². The summed E-state index contributed by atoms with van der Waals surface area (Å²) in [4.78, 5) is 4.48. The van der Waals surface area contributed by atoms with Crippen molar-refractivity contribution in [3.05, 3.63) is 17.8 Å². The van der Waals surface area contributed by atoms with E-state index in [0.29, 0.717) is 17.7 Å². The summed E-state index contributed by atoms with van der Waals surface area (Å²) in [6, 6.07) is 0. The first-order valence-electron chi connectivity index (χ1n) is 6.12. The van der Waals surface area contributed by atoms with Gasteiger partial charge in [-0.1, -0.05) is 18.2 Å². The minimum atomic E-state index is 0.566. The summed E-state index contributed by atoms with van der Waals surface area (Å²) in [7, 11) is 0. The van der Waals surface area contributed by atoms with E-state index in [1.807, 2.05) is 0 Å². The molecule has 0 bridgehead atoms.